The highest BCUT2D eigenvalue weighted by molar-refractivity contribution is 5.31. The van der Waals surface area contributed by atoms with E-state index in [0.717, 1.165) is 19.6 Å². The van der Waals surface area contributed by atoms with Gasteiger partial charge >= 0.3 is 0 Å². The Labute approximate surface area is 112 Å². The van der Waals surface area contributed by atoms with Gasteiger partial charge in [-0.05, 0) is 57.4 Å². The smallest absolute Gasteiger partial charge is 0.0664 e. The highest BCUT2D eigenvalue weighted by Gasteiger charge is 2.12. The fourth-order valence-corrected chi connectivity index (χ4v) is 1.86. The Bertz CT molecular complexity index is 360. The van der Waals surface area contributed by atoms with Crippen LogP contribution in [-0.2, 0) is 4.74 Å². The molecule has 2 nitrogen and oxygen atoms in total. The van der Waals surface area contributed by atoms with E-state index < -0.39 is 0 Å². The molecule has 1 rings (SSSR count). The third-order valence-electron chi connectivity index (χ3n) is 3.17. The summed E-state index contributed by atoms with van der Waals surface area (Å²) in [4.78, 5) is 0. The highest BCUT2D eigenvalue weighted by atomic mass is 16.5. The molecule has 0 saturated carbocycles. The maximum absolute atomic E-state index is 5.76. The molecule has 0 spiro atoms. The molecule has 18 heavy (non-hydrogen) atoms. The summed E-state index contributed by atoms with van der Waals surface area (Å²) in [5.41, 5.74) is 4.02. The zero-order chi connectivity index (χ0) is 13.5. The van der Waals surface area contributed by atoms with Crippen LogP contribution in [0.1, 0.15) is 49.9 Å². The number of aryl methyl sites for hydroxylation is 2. The molecule has 0 bridgehead atoms. The first-order valence-electron chi connectivity index (χ1n) is 6.96. The molecule has 1 unspecified atom stereocenters. The van der Waals surface area contributed by atoms with Gasteiger partial charge in [0.1, 0.15) is 0 Å². The summed E-state index contributed by atoms with van der Waals surface area (Å²) < 4.78 is 5.76. The number of benzene rings is 1. The van der Waals surface area contributed by atoms with Gasteiger partial charge in [-0.3, -0.25) is 0 Å². The number of hydrogen-bond acceptors (Lipinski definition) is 2. The molecule has 102 valence electrons. The van der Waals surface area contributed by atoms with Gasteiger partial charge in [0.25, 0.3) is 0 Å². The van der Waals surface area contributed by atoms with Crippen LogP contribution in [0, 0.1) is 13.8 Å². The van der Waals surface area contributed by atoms with Crippen LogP contribution in [0.4, 0.5) is 0 Å². The second-order valence-electron chi connectivity index (χ2n) is 5.23. The van der Waals surface area contributed by atoms with Crippen molar-refractivity contribution >= 4 is 0 Å². The summed E-state index contributed by atoms with van der Waals surface area (Å²) in [6.45, 7) is 12.4. The maximum atomic E-state index is 5.76. The molecule has 1 N–H and O–H groups in total. The molecule has 0 radical (unpaired) electrons. The molecule has 2 heteroatoms. The Balaban J connectivity index is 2.76. The fraction of sp³-hybridized carbons (Fsp3) is 0.625. The summed E-state index contributed by atoms with van der Waals surface area (Å²) in [6.07, 6.45) is 1.42. The van der Waals surface area contributed by atoms with Gasteiger partial charge in [-0.15, -0.1) is 0 Å². The molecule has 0 aliphatic carbocycles. The second-order valence-corrected chi connectivity index (χ2v) is 5.23. The van der Waals surface area contributed by atoms with Crippen LogP contribution in [-0.4, -0.2) is 19.3 Å². The predicted molar refractivity (Wildman–Crippen MR) is 78.0 cm³/mol. The van der Waals surface area contributed by atoms with Crippen molar-refractivity contribution in [3.05, 3.63) is 34.9 Å². The number of nitrogens with one attached hydrogen (secondary N) is 1. The molecule has 0 aliphatic heterocycles. The number of ether oxygens (including phenoxy) is 1. The Morgan fingerprint density at radius 1 is 1.17 bits per heavy atom. The van der Waals surface area contributed by atoms with Crippen LogP contribution in [0.5, 0.6) is 0 Å². The molecule has 1 aromatic rings. The van der Waals surface area contributed by atoms with E-state index in [9.17, 15) is 0 Å². The van der Waals surface area contributed by atoms with Crippen LogP contribution >= 0.6 is 0 Å². The van der Waals surface area contributed by atoms with Crippen molar-refractivity contribution in [2.24, 2.45) is 0 Å². The lowest BCUT2D eigenvalue weighted by Crippen LogP contribution is -2.27. The van der Waals surface area contributed by atoms with Crippen molar-refractivity contribution in [1.29, 1.82) is 0 Å². The lowest BCUT2D eigenvalue weighted by Gasteiger charge is -2.21. The largest absolute Gasteiger partial charge is 0.377 e. The minimum absolute atomic E-state index is 0.280. The Morgan fingerprint density at radius 3 is 2.44 bits per heavy atom. The standard InChI is InChI=1S/C16H27NO/c1-6-9-17-16(11-18-12(2)3)15-8-7-13(4)14(5)10-15/h7-8,10,12,16-17H,6,9,11H2,1-5H3. The normalized spacial score (nSPS) is 13.0. The first-order valence-corrected chi connectivity index (χ1v) is 6.96. The van der Waals surface area contributed by atoms with Crippen molar-refractivity contribution in [1.82, 2.24) is 5.32 Å². The second kappa shape index (κ2) is 7.55. The average molecular weight is 249 g/mol. The van der Waals surface area contributed by atoms with Crippen molar-refractivity contribution in [3.63, 3.8) is 0 Å². The van der Waals surface area contributed by atoms with Crippen molar-refractivity contribution in [2.45, 2.75) is 53.2 Å². The van der Waals surface area contributed by atoms with E-state index in [0.29, 0.717) is 6.04 Å². The monoisotopic (exact) mass is 249 g/mol. The summed E-state index contributed by atoms with van der Waals surface area (Å²) in [5.74, 6) is 0. The number of hydrogen-bond donors (Lipinski definition) is 1. The first-order chi connectivity index (χ1) is 8.54. The molecule has 0 amide bonds. The average Bonchev–Trinajstić information content (AvgIpc) is 2.33. The van der Waals surface area contributed by atoms with E-state index in [1.54, 1.807) is 0 Å². The van der Waals surface area contributed by atoms with Gasteiger partial charge in [0, 0.05) is 0 Å². The molecular formula is C16H27NO. The topological polar surface area (TPSA) is 21.3 Å². The minimum Gasteiger partial charge on any atom is -0.377 e. The van der Waals surface area contributed by atoms with E-state index in [4.69, 9.17) is 4.74 Å². The maximum Gasteiger partial charge on any atom is 0.0664 e. The van der Waals surface area contributed by atoms with Crippen molar-refractivity contribution in [3.8, 4) is 0 Å². The van der Waals surface area contributed by atoms with E-state index in [2.05, 4.69) is 58.1 Å². The van der Waals surface area contributed by atoms with Crippen LogP contribution in [0.3, 0.4) is 0 Å². The van der Waals surface area contributed by atoms with E-state index >= 15 is 0 Å². The Kier molecular flexibility index (Phi) is 6.37. The van der Waals surface area contributed by atoms with Gasteiger partial charge in [-0.1, -0.05) is 25.1 Å². The highest BCUT2D eigenvalue weighted by Crippen LogP contribution is 2.18. The van der Waals surface area contributed by atoms with E-state index in [1.807, 2.05) is 0 Å². The summed E-state index contributed by atoms with van der Waals surface area (Å²) in [7, 11) is 0. The van der Waals surface area contributed by atoms with Gasteiger partial charge in [0.15, 0.2) is 0 Å². The molecule has 0 aliphatic rings. The Hall–Kier alpha value is -0.860. The summed E-state index contributed by atoms with van der Waals surface area (Å²) >= 11 is 0. The molecule has 0 aromatic heterocycles. The lowest BCUT2D eigenvalue weighted by atomic mass is 10.0. The molecule has 1 atom stereocenters. The predicted octanol–water partition coefficient (Wildman–Crippen LogP) is 3.77. The minimum atomic E-state index is 0.280. The fourth-order valence-electron chi connectivity index (χ4n) is 1.86. The van der Waals surface area contributed by atoms with Crippen LogP contribution in [0.25, 0.3) is 0 Å². The third-order valence-corrected chi connectivity index (χ3v) is 3.17. The van der Waals surface area contributed by atoms with Gasteiger partial charge < -0.3 is 10.1 Å². The third kappa shape index (κ3) is 4.79. The van der Waals surface area contributed by atoms with E-state index in [-0.39, 0.29) is 6.10 Å². The van der Waals surface area contributed by atoms with E-state index in [1.165, 1.54) is 16.7 Å². The van der Waals surface area contributed by atoms with Gasteiger partial charge in [0.2, 0.25) is 0 Å². The Morgan fingerprint density at radius 2 is 1.89 bits per heavy atom. The van der Waals surface area contributed by atoms with Crippen molar-refractivity contribution < 1.29 is 4.74 Å². The zero-order valence-corrected chi connectivity index (χ0v) is 12.4. The van der Waals surface area contributed by atoms with Crippen LogP contribution in [0.2, 0.25) is 0 Å². The lowest BCUT2D eigenvalue weighted by molar-refractivity contribution is 0.0611. The molecule has 1 aromatic carbocycles. The quantitative estimate of drug-likeness (QED) is 0.794. The molecule has 0 saturated heterocycles. The van der Waals surface area contributed by atoms with Crippen molar-refractivity contribution in [2.75, 3.05) is 13.2 Å². The van der Waals surface area contributed by atoms with Gasteiger partial charge in [0.05, 0.1) is 18.8 Å². The first kappa shape index (κ1) is 15.2. The van der Waals surface area contributed by atoms with Gasteiger partial charge in [-0.2, -0.15) is 0 Å². The summed E-state index contributed by atoms with van der Waals surface area (Å²) in [6, 6.07) is 6.97. The SMILES string of the molecule is CCCNC(COC(C)C)c1ccc(C)c(C)c1. The molecule has 0 heterocycles. The van der Waals surface area contributed by atoms with Gasteiger partial charge in [-0.25, -0.2) is 0 Å². The summed E-state index contributed by atoms with van der Waals surface area (Å²) in [5, 5.41) is 3.56. The number of rotatable bonds is 7. The zero-order valence-electron chi connectivity index (χ0n) is 12.4. The molecule has 0 fully saturated rings. The van der Waals surface area contributed by atoms with Crippen LogP contribution < -0.4 is 5.32 Å². The molecular weight excluding hydrogens is 222 g/mol. The van der Waals surface area contributed by atoms with Crippen LogP contribution in [0.15, 0.2) is 18.2 Å².